The van der Waals surface area contributed by atoms with Gasteiger partial charge in [0, 0.05) is 14.2 Å². The Hall–Kier alpha value is 0.374. The molecule has 0 radical (unpaired) electrons. The van der Waals surface area contributed by atoms with Crippen molar-refractivity contribution in [1.82, 2.24) is 0 Å². The second kappa shape index (κ2) is 26.3. The predicted octanol–water partition coefficient (Wildman–Crippen LogP) is 1.00. The van der Waals surface area contributed by atoms with E-state index in [0.717, 1.165) is 0 Å². The fourth-order valence-electron chi connectivity index (χ4n) is 0.0962. The van der Waals surface area contributed by atoms with Gasteiger partial charge >= 0.3 is 21.7 Å². The molecule has 0 aliphatic heterocycles. The Morgan fingerprint density at radius 1 is 1.25 bits per heavy atom. The van der Waals surface area contributed by atoms with Gasteiger partial charge in [0.1, 0.15) is 0 Å². The molecule has 0 aliphatic rings. The van der Waals surface area contributed by atoms with Gasteiger partial charge in [-0.05, 0) is 0 Å². The Kier molecular flexibility index (Phi) is 51.9. The molecule has 46 valence electrons. The Morgan fingerprint density at radius 3 is 1.50 bits per heavy atom. The fraction of sp³-hybridized carbons (Fsp3) is 0.400. The van der Waals surface area contributed by atoms with Gasteiger partial charge in [0.05, 0.1) is 0 Å². The second-order valence-electron chi connectivity index (χ2n) is 0.568. The van der Waals surface area contributed by atoms with E-state index in [9.17, 15) is 0 Å². The molecule has 0 saturated carbocycles. The van der Waals surface area contributed by atoms with Gasteiger partial charge in [-0.3, -0.25) is 6.58 Å². The number of methoxy groups -OCH3 is 2. The standard InChI is InChI=1S/C3H7O2.C2H3.Ti/c1-4-3-5-2;1-2;/h3H,1-2H3;1H,2H2;/q2*-1;+2. The Balaban J connectivity index is -0.0000000750. The summed E-state index contributed by atoms with van der Waals surface area (Å²) in [6.45, 7) is 8.25. The molecule has 8 heavy (non-hydrogen) atoms. The first-order valence-corrected chi connectivity index (χ1v) is 1.70. The van der Waals surface area contributed by atoms with Gasteiger partial charge < -0.3 is 16.1 Å². The maximum absolute atomic E-state index is 4.34. The van der Waals surface area contributed by atoms with Gasteiger partial charge in [-0.1, -0.05) is 6.79 Å². The van der Waals surface area contributed by atoms with Crippen molar-refractivity contribution < 1.29 is 31.2 Å². The van der Waals surface area contributed by atoms with Crippen LogP contribution in [0.2, 0.25) is 0 Å². The average molecular weight is 150 g/mol. The van der Waals surface area contributed by atoms with Crippen LogP contribution in [-0.4, -0.2) is 14.2 Å². The van der Waals surface area contributed by atoms with Crippen molar-refractivity contribution in [2.24, 2.45) is 0 Å². The maximum atomic E-state index is 4.34. The molecule has 0 heterocycles. The third kappa shape index (κ3) is 32.7. The number of hydrogen-bond donors (Lipinski definition) is 0. The summed E-state index contributed by atoms with van der Waals surface area (Å²) in [5.74, 6) is 0. The van der Waals surface area contributed by atoms with E-state index in [4.69, 9.17) is 0 Å². The van der Waals surface area contributed by atoms with E-state index in [2.05, 4.69) is 22.6 Å². The zero-order valence-electron chi connectivity index (χ0n) is 5.18. The van der Waals surface area contributed by atoms with E-state index in [-0.39, 0.29) is 21.7 Å². The SMILES string of the molecule is CO[CH-]OC.[CH-]=C.[Ti+2]. The molecule has 3 heteroatoms. The third-order valence-corrected chi connectivity index (χ3v) is 0.192. The topological polar surface area (TPSA) is 18.5 Å². The summed E-state index contributed by atoms with van der Waals surface area (Å²) in [5.41, 5.74) is 0. The molecular weight excluding hydrogens is 140 g/mol. The number of rotatable bonds is 2. The van der Waals surface area contributed by atoms with Gasteiger partial charge in [-0.2, -0.15) is 0 Å². The van der Waals surface area contributed by atoms with Crippen LogP contribution in [0.5, 0.6) is 0 Å². The van der Waals surface area contributed by atoms with Crippen molar-refractivity contribution in [1.29, 1.82) is 0 Å². The van der Waals surface area contributed by atoms with Crippen molar-refractivity contribution >= 4 is 0 Å². The van der Waals surface area contributed by atoms with E-state index in [1.165, 1.54) is 21.0 Å². The van der Waals surface area contributed by atoms with Gasteiger partial charge in [-0.15, -0.1) is 0 Å². The van der Waals surface area contributed by atoms with Crippen LogP contribution < -0.4 is 0 Å². The summed E-state index contributed by atoms with van der Waals surface area (Å²) in [6.07, 6.45) is 0. The minimum Gasteiger partial charge on any atom is -0.527 e. The van der Waals surface area contributed by atoms with Crippen molar-refractivity contribution in [2.75, 3.05) is 14.2 Å². The van der Waals surface area contributed by atoms with Gasteiger partial charge in [-0.25, -0.2) is 0 Å². The molecule has 0 aromatic rings. The van der Waals surface area contributed by atoms with Crippen LogP contribution in [0, 0.1) is 13.4 Å². The van der Waals surface area contributed by atoms with E-state index < -0.39 is 0 Å². The summed E-state index contributed by atoms with van der Waals surface area (Å²) in [4.78, 5) is 0. The molecule has 0 amide bonds. The Bertz CT molecular complexity index is 24.4. The van der Waals surface area contributed by atoms with Crippen molar-refractivity contribution in [3.8, 4) is 0 Å². The first-order valence-electron chi connectivity index (χ1n) is 1.70. The quantitative estimate of drug-likeness (QED) is 0.431. The molecular formula is C5H10O2Ti. The fourth-order valence-corrected chi connectivity index (χ4v) is 0.0962. The van der Waals surface area contributed by atoms with Crippen molar-refractivity contribution in [3.63, 3.8) is 0 Å². The minimum absolute atomic E-state index is 0. The summed E-state index contributed by atoms with van der Waals surface area (Å²) < 4.78 is 8.69. The minimum atomic E-state index is 0. The molecule has 0 unspecified atom stereocenters. The van der Waals surface area contributed by atoms with Crippen LogP contribution in [0.15, 0.2) is 6.58 Å². The normalized spacial score (nSPS) is 5.75. The zero-order chi connectivity index (χ0) is 6.12. The summed E-state index contributed by atoms with van der Waals surface area (Å²) in [7, 11) is 3.06. The van der Waals surface area contributed by atoms with Crippen LogP contribution in [0.25, 0.3) is 0 Å². The number of ether oxygens (including phenoxy) is 2. The summed E-state index contributed by atoms with van der Waals surface area (Å²) in [6, 6.07) is 0. The van der Waals surface area contributed by atoms with Crippen LogP contribution in [0.4, 0.5) is 0 Å². The van der Waals surface area contributed by atoms with E-state index >= 15 is 0 Å². The van der Waals surface area contributed by atoms with Crippen LogP contribution >= 0.6 is 0 Å². The number of hydrogen-bond acceptors (Lipinski definition) is 2. The molecule has 0 atom stereocenters. The molecule has 0 spiro atoms. The van der Waals surface area contributed by atoms with Gasteiger partial charge in [0.15, 0.2) is 0 Å². The average Bonchev–Trinajstić information content (AvgIpc) is 1.75. The van der Waals surface area contributed by atoms with Gasteiger partial charge in [0.25, 0.3) is 0 Å². The second-order valence-corrected chi connectivity index (χ2v) is 0.568. The molecule has 0 aromatic carbocycles. The third-order valence-electron chi connectivity index (χ3n) is 0.192. The van der Waals surface area contributed by atoms with Crippen LogP contribution in [0.3, 0.4) is 0 Å². The summed E-state index contributed by atoms with van der Waals surface area (Å²) in [5, 5.41) is 0. The first kappa shape index (κ1) is 15.8. The monoisotopic (exact) mass is 150 g/mol. The maximum Gasteiger partial charge on any atom is 2.00 e. The molecule has 0 rings (SSSR count). The van der Waals surface area contributed by atoms with E-state index in [1.807, 2.05) is 0 Å². The molecule has 2 nitrogen and oxygen atoms in total. The van der Waals surface area contributed by atoms with Crippen LogP contribution in [-0.2, 0) is 31.2 Å². The molecule has 0 aromatic heterocycles. The smallest absolute Gasteiger partial charge is 0.527 e. The predicted molar refractivity (Wildman–Crippen MR) is 28.2 cm³/mol. The first-order chi connectivity index (χ1) is 3.41. The molecule has 0 N–H and O–H groups in total. The van der Waals surface area contributed by atoms with Crippen LogP contribution in [0.1, 0.15) is 0 Å². The van der Waals surface area contributed by atoms with Crippen molar-refractivity contribution in [3.05, 3.63) is 20.0 Å². The molecule has 0 fully saturated rings. The zero-order valence-corrected chi connectivity index (χ0v) is 6.74. The van der Waals surface area contributed by atoms with E-state index in [1.54, 1.807) is 0 Å². The van der Waals surface area contributed by atoms with E-state index in [0.29, 0.717) is 0 Å². The largest absolute Gasteiger partial charge is 2.00 e. The molecule has 0 aliphatic carbocycles. The Labute approximate surface area is 65.7 Å². The molecule has 0 saturated heterocycles. The molecule has 0 bridgehead atoms. The van der Waals surface area contributed by atoms with Gasteiger partial charge in [0.2, 0.25) is 0 Å². The summed E-state index contributed by atoms with van der Waals surface area (Å²) >= 11 is 0. The van der Waals surface area contributed by atoms with Crippen molar-refractivity contribution in [2.45, 2.75) is 0 Å². The Morgan fingerprint density at radius 2 is 1.50 bits per heavy atom.